The third kappa shape index (κ3) is 7.09. The largest absolute Gasteiger partial charge is 0.497 e. The first-order valence-electron chi connectivity index (χ1n) is 12.5. The van der Waals surface area contributed by atoms with E-state index < -0.39 is 6.04 Å². The molecule has 0 bridgehead atoms. The molecule has 1 saturated carbocycles. The van der Waals surface area contributed by atoms with Gasteiger partial charge in [-0.25, -0.2) is 0 Å². The summed E-state index contributed by atoms with van der Waals surface area (Å²) < 4.78 is 5.25. The van der Waals surface area contributed by atoms with Gasteiger partial charge in [-0.1, -0.05) is 70.0 Å². The van der Waals surface area contributed by atoms with Gasteiger partial charge in [0.15, 0.2) is 0 Å². The van der Waals surface area contributed by atoms with Crippen molar-refractivity contribution in [1.82, 2.24) is 10.2 Å². The lowest BCUT2D eigenvalue weighted by molar-refractivity contribution is -0.140. The number of hydrogen-bond donors (Lipinski definition) is 1. The van der Waals surface area contributed by atoms with Crippen LogP contribution in [0.3, 0.4) is 0 Å². The molecule has 5 heteroatoms. The summed E-state index contributed by atoms with van der Waals surface area (Å²) in [5, 5.41) is 3.16. The Morgan fingerprint density at radius 1 is 1.00 bits per heavy atom. The summed E-state index contributed by atoms with van der Waals surface area (Å²) in [4.78, 5) is 28.1. The molecule has 3 rings (SSSR count). The Morgan fingerprint density at radius 3 is 2.15 bits per heavy atom. The molecule has 2 aromatic rings. The number of amides is 2. The number of carbonyl (C=O) groups is 2. The molecule has 1 N–H and O–H groups in total. The highest BCUT2D eigenvalue weighted by molar-refractivity contribution is 5.87. The number of nitrogens with one attached hydrogen (secondary N) is 1. The van der Waals surface area contributed by atoms with E-state index in [9.17, 15) is 9.59 Å². The molecule has 5 nitrogen and oxygen atoms in total. The van der Waals surface area contributed by atoms with Crippen LogP contribution in [0, 0.1) is 0 Å². The molecule has 0 spiro atoms. The molecule has 0 radical (unpaired) electrons. The minimum Gasteiger partial charge on any atom is -0.497 e. The number of methoxy groups -OCH3 is 1. The van der Waals surface area contributed by atoms with Gasteiger partial charge in [0.05, 0.1) is 7.11 Å². The molecule has 1 atom stereocenters. The van der Waals surface area contributed by atoms with E-state index in [2.05, 4.69) is 50.4 Å². The average molecular weight is 465 g/mol. The van der Waals surface area contributed by atoms with Gasteiger partial charge in [-0.15, -0.1) is 0 Å². The second kappa shape index (κ2) is 11.5. The fourth-order valence-corrected chi connectivity index (χ4v) is 4.47. The molecule has 1 aliphatic carbocycles. The van der Waals surface area contributed by atoms with Crippen molar-refractivity contribution >= 4 is 11.8 Å². The van der Waals surface area contributed by atoms with Crippen molar-refractivity contribution in [1.29, 1.82) is 0 Å². The number of hydrogen-bond acceptors (Lipinski definition) is 3. The van der Waals surface area contributed by atoms with Crippen LogP contribution in [0.2, 0.25) is 0 Å². The monoisotopic (exact) mass is 464 g/mol. The molecule has 2 amide bonds. The van der Waals surface area contributed by atoms with Gasteiger partial charge in [0.2, 0.25) is 11.8 Å². The average Bonchev–Trinajstić information content (AvgIpc) is 3.33. The van der Waals surface area contributed by atoms with Gasteiger partial charge in [-0.2, -0.15) is 0 Å². The van der Waals surface area contributed by atoms with Crippen LogP contribution in [-0.4, -0.2) is 35.9 Å². The van der Waals surface area contributed by atoms with E-state index in [0.717, 1.165) is 42.6 Å². The molecular weight excluding hydrogens is 424 g/mol. The van der Waals surface area contributed by atoms with Crippen molar-refractivity contribution in [3.63, 3.8) is 0 Å². The SMILES string of the molecule is COc1ccc(CN(C(=O)CCc2ccc(C(C)(C)C)cc2)[C@@H](C)C(=O)NC2CCCC2)cc1. The number of ether oxygens (including phenoxy) is 1. The number of nitrogens with zero attached hydrogens (tertiary/aromatic N) is 1. The quantitative estimate of drug-likeness (QED) is 0.540. The van der Waals surface area contributed by atoms with Crippen molar-refractivity contribution in [2.24, 2.45) is 0 Å². The Bertz CT molecular complexity index is 939. The maximum Gasteiger partial charge on any atom is 0.242 e. The summed E-state index contributed by atoms with van der Waals surface area (Å²) in [5.41, 5.74) is 3.49. The van der Waals surface area contributed by atoms with Crippen molar-refractivity contribution in [2.45, 2.75) is 90.3 Å². The van der Waals surface area contributed by atoms with Gasteiger partial charge in [0, 0.05) is 19.0 Å². The molecule has 2 aromatic carbocycles. The van der Waals surface area contributed by atoms with E-state index in [1.165, 1.54) is 5.56 Å². The molecular formula is C29H40N2O3. The summed E-state index contributed by atoms with van der Waals surface area (Å²) in [5.74, 6) is 0.695. The van der Waals surface area contributed by atoms with Crippen LogP contribution in [0.25, 0.3) is 0 Å². The molecule has 0 saturated heterocycles. The van der Waals surface area contributed by atoms with Crippen LogP contribution in [0.5, 0.6) is 5.75 Å². The van der Waals surface area contributed by atoms with Crippen LogP contribution in [0.4, 0.5) is 0 Å². The van der Waals surface area contributed by atoms with Crippen molar-refractivity contribution in [3.05, 3.63) is 65.2 Å². The van der Waals surface area contributed by atoms with Gasteiger partial charge in [-0.05, 0) is 60.4 Å². The van der Waals surface area contributed by atoms with Crippen molar-refractivity contribution in [3.8, 4) is 5.75 Å². The molecule has 184 valence electrons. The van der Waals surface area contributed by atoms with Gasteiger partial charge in [0.1, 0.15) is 11.8 Å². The van der Waals surface area contributed by atoms with Crippen molar-refractivity contribution in [2.75, 3.05) is 7.11 Å². The number of carbonyl (C=O) groups excluding carboxylic acids is 2. The van der Waals surface area contributed by atoms with E-state index in [4.69, 9.17) is 4.74 Å². The van der Waals surface area contributed by atoms with Crippen LogP contribution >= 0.6 is 0 Å². The molecule has 34 heavy (non-hydrogen) atoms. The number of rotatable bonds is 9. The zero-order valence-electron chi connectivity index (χ0n) is 21.4. The number of benzene rings is 2. The molecule has 1 fully saturated rings. The standard InChI is InChI=1S/C29H40N2O3/c1-21(28(33)30-25-8-6-7-9-25)31(20-23-12-17-26(34-5)18-13-23)27(32)19-14-22-10-15-24(16-11-22)29(2,3)4/h10-13,15-18,21,25H,6-9,14,19-20H2,1-5H3,(H,30,33)/t21-/m0/s1. The van der Waals surface area contributed by atoms with Gasteiger partial charge < -0.3 is 15.0 Å². The second-order valence-corrected chi connectivity index (χ2v) is 10.5. The topological polar surface area (TPSA) is 58.6 Å². The zero-order chi connectivity index (χ0) is 24.7. The highest BCUT2D eigenvalue weighted by Crippen LogP contribution is 2.23. The minimum absolute atomic E-state index is 0.00946. The van der Waals surface area contributed by atoms with E-state index in [1.54, 1.807) is 12.0 Å². The minimum atomic E-state index is -0.529. The third-order valence-electron chi connectivity index (χ3n) is 6.83. The number of aryl methyl sites for hydroxylation is 1. The first kappa shape index (κ1) is 25.8. The normalized spacial score (nSPS) is 15.1. The first-order chi connectivity index (χ1) is 16.2. The van der Waals surface area contributed by atoms with Gasteiger partial charge in [0.25, 0.3) is 0 Å². The maximum absolute atomic E-state index is 13.4. The fraction of sp³-hybridized carbons (Fsp3) is 0.517. The Morgan fingerprint density at radius 2 is 1.59 bits per heavy atom. The fourth-order valence-electron chi connectivity index (χ4n) is 4.47. The maximum atomic E-state index is 13.4. The molecule has 0 unspecified atom stereocenters. The van der Waals surface area contributed by atoms with E-state index >= 15 is 0 Å². The Kier molecular flexibility index (Phi) is 8.76. The summed E-state index contributed by atoms with van der Waals surface area (Å²) >= 11 is 0. The Balaban J connectivity index is 1.70. The lowest BCUT2D eigenvalue weighted by Gasteiger charge is -2.30. The lowest BCUT2D eigenvalue weighted by atomic mass is 9.86. The second-order valence-electron chi connectivity index (χ2n) is 10.5. The Labute approximate surface area is 204 Å². The molecule has 0 aliphatic heterocycles. The zero-order valence-corrected chi connectivity index (χ0v) is 21.4. The predicted octanol–water partition coefficient (Wildman–Crippen LogP) is 5.40. The summed E-state index contributed by atoms with van der Waals surface area (Å²) in [7, 11) is 1.63. The van der Waals surface area contributed by atoms with E-state index in [1.807, 2.05) is 31.2 Å². The lowest BCUT2D eigenvalue weighted by Crippen LogP contribution is -2.49. The Hall–Kier alpha value is -2.82. The summed E-state index contributed by atoms with van der Waals surface area (Å²) in [6.07, 6.45) is 5.37. The van der Waals surface area contributed by atoms with Crippen LogP contribution < -0.4 is 10.1 Å². The molecule has 0 heterocycles. The first-order valence-corrected chi connectivity index (χ1v) is 12.5. The van der Waals surface area contributed by atoms with Crippen LogP contribution in [0.15, 0.2) is 48.5 Å². The molecule has 1 aliphatic rings. The molecule has 0 aromatic heterocycles. The highest BCUT2D eigenvalue weighted by atomic mass is 16.5. The van der Waals surface area contributed by atoms with Gasteiger partial charge >= 0.3 is 0 Å². The van der Waals surface area contributed by atoms with Gasteiger partial charge in [-0.3, -0.25) is 9.59 Å². The van der Waals surface area contributed by atoms with E-state index in [0.29, 0.717) is 19.4 Å². The van der Waals surface area contributed by atoms with Crippen LogP contribution in [0.1, 0.15) is 76.5 Å². The highest BCUT2D eigenvalue weighted by Gasteiger charge is 2.28. The summed E-state index contributed by atoms with van der Waals surface area (Å²) in [6, 6.07) is 15.9. The third-order valence-corrected chi connectivity index (χ3v) is 6.83. The van der Waals surface area contributed by atoms with E-state index in [-0.39, 0.29) is 23.3 Å². The van der Waals surface area contributed by atoms with Crippen LogP contribution in [-0.2, 0) is 28.0 Å². The summed E-state index contributed by atoms with van der Waals surface area (Å²) in [6.45, 7) is 8.82. The smallest absolute Gasteiger partial charge is 0.242 e. The predicted molar refractivity (Wildman–Crippen MR) is 137 cm³/mol. The van der Waals surface area contributed by atoms with Crippen molar-refractivity contribution < 1.29 is 14.3 Å².